The van der Waals surface area contributed by atoms with Crippen LogP contribution in [0, 0.1) is 0 Å². The molecule has 0 N–H and O–H groups in total. The normalized spacial score (nSPS) is 16.9. The van der Waals surface area contributed by atoms with Gasteiger partial charge < -0.3 is 9.47 Å². The Kier molecular flexibility index (Phi) is 7.15. The fourth-order valence-electron chi connectivity index (χ4n) is 3.95. The van der Waals surface area contributed by atoms with Gasteiger partial charge in [0.1, 0.15) is 6.04 Å². The number of methoxy groups -OCH3 is 2. The highest BCUT2D eigenvalue weighted by Crippen LogP contribution is 2.31. The number of amides is 2. The number of benzene rings is 3. The summed E-state index contributed by atoms with van der Waals surface area (Å²) in [5, 5.41) is 1.62. The molecule has 3 aromatic rings. The molecule has 3 aromatic carbocycles. The van der Waals surface area contributed by atoms with Gasteiger partial charge in [0.05, 0.1) is 23.5 Å². The maximum absolute atomic E-state index is 13.8. The molecule has 178 valence electrons. The average molecular weight is 547 g/mol. The van der Waals surface area contributed by atoms with Gasteiger partial charge in [0.15, 0.2) is 6.29 Å². The van der Waals surface area contributed by atoms with Crippen molar-refractivity contribution in [3.05, 3.63) is 71.2 Å². The Morgan fingerprint density at radius 3 is 2.29 bits per heavy atom. The van der Waals surface area contributed by atoms with Crippen LogP contribution >= 0.6 is 15.9 Å². The SMILES string of the molecule is COC(CN(C1CC(=O)N(c2ccc(Br)cc2)C1=O)S(=O)(=O)c1ccc2ccccc2c1)OC. The highest BCUT2D eigenvalue weighted by atomic mass is 79.9. The van der Waals surface area contributed by atoms with Crippen LogP contribution in [0.3, 0.4) is 0 Å². The van der Waals surface area contributed by atoms with E-state index in [1.807, 2.05) is 24.3 Å². The molecule has 10 heteroatoms. The van der Waals surface area contributed by atoms with Crippen molar-refractivity contribution in [2.24, 2.45) is 0 Å². The molecule has 1 aliphatic rings. The first-order valence-electron chi connectivity index (χ1n) is 10.4. The predicted octanol–water partition coefficient (Wildman–Crippen LogP) is 3.54. The molecule has 0 aromatic heterocycles. The zero-order valence-corrected chi connectivity index (χ0v) is 21.0. The Labute approximate surface area is 206 Å². The molecule has 1 saturated heterocycles. The molecule has 0 saturated carbocycles. The van der Waals surface area contributed by atoms with Crippen molar-refractivity contribution in [1.82, 2.24) is 4.31 Å². The van der Waals surface area contributed by atoms with E-state index in [0.29, 0.717) is 5.69 Å². The Bertz CT molecular complexity index is 1320. The number of hydrogen-bond acceptors (Lipinski definition) is 6. The second-order valence-corrected chi connectivity index (χ2v) is 10.6. The summed E-state index contributed by atoms with van der Waals surface area (Å²) in [6, 6.07) is 17.6. The summed E-state index contributed by atoms with van der Waals surface area (Å²) in [5.74, 6) is -1.11. The molecule has 34 heavy (non-hydrogen) atoms. The van der Waals surface area contributed by atoms with Gasteiger partial charge in [0.2, 0.25) is 15.9 Å². The van der Waals surface area contributed by atoms with Crippen LogP contribution in [0.2, 0.25) is 0 Å². The number of ether oxygens (including phenoxy) is 2. The van der Waals surface area contributed by atoms with Crippen molar-refractivity contribution in [3.8, 4) is 0 Å². The van der Waals surface area contributed by atoms with Crippen LogP contribution in [0.1, 0.15) is 6.42 Å². The molecule has 1 unspecified atom stereocenters. The van der Waals surface area contributed by atoms with Gasteiger partial charge in [-0.15, -0.1) is 0 Å². The maximum Gasteiger partial charge on any atom is 0.252 e. The van der Waals surface area contributed by atoms with Gasteiger partial charge >= 0.3 is 0 Å². The van der Waals surface area contributed by atoms with E-state index in [1.54, 1.807) is 36.4 Å². The Hall–Kier alpha value is -2.63. The summed E-state index contributed by atoms with van der Waals surface area (Å²) in [5.41, 5.74) is 0.374. The van der Waals surface area contributed by atoms with Gasteiger partial charge in [0.25, 0.3) is 5.91 Å². The fourth-order valence-corrected chi connectivity index (χ4v) is 5.82. The van der Waals surface area contributed by atoms with E-state index in [9.17, 15) is 18.0 Å². The van der Waals surface area contributed by atoms with Crippen LogP contribution in [0.4, 0.5) is 5.69 Å². The second-order valence-electron chi connectivity index (χ2n) is 7.75. The number of hydrogen-bond donors (Lipinski definition) is 0. The van der Waals surface area contributed by atoms with E-state index in [-0.39, 0.29) is 17.9 Å². The van der Waals surface area contributed by atoms with Gasteiger partial charge in [-0.1, -0.05) is 46.3 Å². The third kappa shape index (κ3) is 4.64. The highest BCUT2D eigenvalue weighted by Gasteiger charge is 2.47. The molecule has 8 nitrogen and oxygen atoms in total. The lowest BCUT2D eigenvalue weighted by Gasteiger charge is -2.29. The van der Waals surface area contributed by atoms with Crippen LogP contribution in [0.15, 0.2) is 76.1 Å². The molecular formula is C24H23BrN2O6S. The summed E-state index contributed by atoms with van der Waals surface area (Å²) >= 11 is 3.33. The number of carbonyl (C=O) groups is 2. The number of halogens is 1. The largest absolute Gasteiger partial charge is 0.354 e. The average Bonchev–Trinajstić information content (AvgIpc) is 3.13. The smallest absolute Gasteiger partial charge is 0.252 e. The number of imide groups is 1. The van der Waals surface area contributed by atoms with Gasteiger partial charge in [-0.3, -0.25) is 9.59 Å². The van der Waals surface area contributed by atoms with Crippen molar-refractivity contribution >= 4 is 54.2 Å². The zero-order valence-electron chi connectivity index (χ0n) is 18.5. The number of sulfonamides is 1. The molecule has 1 fully saturated rings. The third-order valence-electron chi connectivity index (χ3n) is 5.74. The maximum atomic E-state index is 13.8. The van der Waals surface area contributed by atoms with Crippen molar-refractivity contribution in [2.75, 3.05) is 25.7 Å². The summed E-state index contributed by atoms with van der Waals surface area (Å²) in [4.78, 5) is 27.3. The summed E-state index contributed by atoms with van der Waals surface area (Å²) in [6.45, 7) is -0.264. The van der Waals surface area contributed by atoms with E-state index in [4.69, 9.17) is 9.47 Å². The number of carbonyl (C=O) groups excluding carboxylic acids is 2. The standard InChI is InChI=1S/C24H23BrN2O6S/c1-32-23(33-2)15-26(34(30,31)20-12-7-16-5-3-4-6-17(16)13-20)21-14-22(28)27(24(21)29)19-10-8-18(25)9-11-19/h3-13,21,23H,14-15H2,1-2H3. The quantitative estimate of drug-likeness (QED) is 0.317. The van der Waals surface area contributed by atoms with Crippen molar-refractivity contribution in [3.63, 3.8) is 0 Å². The Morgan fingerprint density at radius 2 is 1.65 bits per heavy atom. The lowest BCUT2D eigenvalue weighted by atomic mass is 10.1. The molecule has 4 rings (SSSR count). The van der Waals surface area contributed by atoms with Crippen LogP contribution in [0.5, 0.6) is 0 Å². The Morgan fingerprint density at radius 1 is 1.00 bits per heavy atom. The number of rotatable bonds is 8. The summed E-state index contributed by atoms with van der Waals surface area (Å²) < 4.78 is 39.9. The first-order chi connectivity index (χ1) is 16.3. The van der Waals surface area contributed by atoms with Crippen LogP contribution in [-0.2, 0) is 29.1 Å². The van der Waals surface area contributed by atoms with Gasteiger partial charge in [-0.2, -0.15) is 4.31 Å². The van der Waals surface area contributed by atoms with E-state index in [0.717, 1.165) is 24.5 Å². The van der Waals surface area contributed by atoms with Crippen LogP contribution < -0.4 is 4.90 Å². The minimum atomic E-state index is -4.19. The van der Waals surface area contributed by atoms with Gasteiger partial charge in [0, 0.05) is 18.7 Å². The first kappa shape index (κ1) is 24.5. The van der Waals surface area contributed by atoms with E-state index < -0.39 is 34.2 Å². The summed E-state index contributed by atoms with van der Waals surface area (Å²) in [7, 11) is -1.43. The monoisotopic (exact) mass is 546 g/mol. The van der Waals surface area contributed by atoms with Crippen LogP contribution in [-0.4, -0.2) is 57.6 Å². The highest BCUT2D eigenvalue weighted by molar-refractivity contribution is 9.10. The lowest BCUT2D eigenvalue weighted by molar-refractivity contribution is -0.125. The van der Waals surface area contributed by atoms with Crippen LogP contribution in [0.25, 0.3) is 10.8 Å². The van der Waals surface area contributed by atoms with Crippen molar-refractivity contribution in [1.29, 1.82) is 0 Å². The minimum Gasteiger partial charge on any atom is -0.354 e. The molecule has 0 spiro atoms. The van der Waals surface area contributed by atoms with E-state index >= 15 is 0 Å². The third-order valence-corrected chi connectivity index (χ3v) is 8.14. The molecule has 1 aliphatic heterocycles. The van der Waals surface area contributed by atoms with Gasteiger partial charge in [-0.05, 0) is 47.2 Å². The van der Waals surface area contributed by atoms with Crippen molar-refractivity contribution < 1.29 is 27.5 Å². The van der Waals surface area contributed by atoms with E-state index in [1.165, 1.54) is 20.3 Å². The second kappa shape index (κ2) is 9.93. The minimum absolute atomic E-state index is 0.0134. The lowest BCUT2D eigenvalue weighted by Crippen LogP contribution is -2.49. The summed E-state index contributed by atoms with van der Waals surface area (Å²) in [6.07, 6.45) is -1.22. The molecule has 1 atom stereocenters. The molecule has 0 radical (unpaired) electrons. The molecule has 2 amide bonds. The van der Waals surface area contributed by atoms with Gasteiger partial charge in [-0.25, -0.2) is 13.3 Å². The van der Waals surface area contributed by atoms with E-state index in [2.05, 4.69) is 15.9 Å². The fraction of sp³-hybridized carbons (Fsp3) is 0.250. The molecular weight excluding hydrogens is 524 g/mol. The molecule has 1 heterocycles. The molecule has 0 bridgehead atoms. The number of nitrogens with zero attached hydrogens (tertiary/aromatic N) is 2. The molecule has 0 aliphatic carbocycles. The number of anilines is 1. The zero-order chi connectivity index (χ0) is 24.5. The predicted molar refractivity (Wildman–Crippen MR) is 131 cm³/mol. The Balaban J connectivity index is 1.75. The van der Waals surface area contributed by atoms with Crippen molar-refractivity contribution in [2.45, 2.75) is 23.6 Å². The first-order valence-corrected chi connectivity index (χ1v) is 12.7. The number of fused-ring (bicyclic) bond motifs is 1. The topological polar surface area (TPSA) is 93.2 Å².